The highest BCUT2D eigenvalue weighted by atomic mass is 19.1. The van der Waals surface area contributed by atoms with E-state index in [1.807, 2.05) is 13.0 Å². The largest absolute Gasteiger partial charge is 0.480 e. The summed E-state index contributed by atoms with van der Waals surface area (Å²) < 4.78 is 18.9. The summed E-state index contributed by atoms with van der Waals surface area (Å²) in [6.07, 6.45) is 0.864. The number of carbonyl (C=O) groups is 2. The van der Waals surface area contributed by atoms with E-state index in [1.54, 1.807) is 22.9 Å². The number of carboxylic acid groups (broad SMARTS) is 1. The Bertz CT molecular complexity index is 625. The highest BCUT2D eigenvalue weighted by molar-refractivity contribution is 5.76. The number of aliphatic carboxylic acids is 1. The lowest BCUT2D eigenvalue weighted by molar-refractivity contribution is -0.142. The fourth-order valence-electron chi connectivity index (χ4n) is 3.27. The van der Waals surface area contributed by atoms with Crippen LogP contribution in [0.1, 0.15) is 18.9 Å². The number of hydrogen-bond acceptors (Lipinski definition) is 4. The van der Waals surface area contributed by atoms with Gasteiger partial charge in [0, 0.05) is 26.1 Å². The number of hydrogen-bond donors (Lipinski definition) is 1. The first-order valence-electron chi connectivity index (χ1n) is 8.87. The maximum Gasteiger partial charge on any atom is 0.317 e. The van der Waals surface area contributed by atoms with Crippen molar-refractivity contribution in [3.8, 4) is 0 Å². The number of nitrogens with zero attached hydrogens (tertiary/aromatic N) is 2. The van der Waals surface area contributed by atoms with E-state index in [9.17, 15) is 14.0 Å². The highest BCUT2D eigenvalue weighted by Gasteiger charge is 2.26. The minimum atomic E-state index is -0.887. The Balaban J connectivity index is 1.81. The summed E-state index contributed by atoms with van der Waals surface area (Å²) in [4.78, 5) is 26.8. The molecule has 1 aliphatic heterocycles. The van der Waals surface area contributed by atoms with Crippen molar-refractivity contribution < 1.29 is 23.8 Å². The second-order valence-corrected chi connectivity index (χ2v) is 7.07. The van der Waals surface area contributed by atoms with Crippen LogP contribution in [-0.2, 0) is 20.7 Å². The molecule has 1 aromatic rings. The molecule has 0 aliphatic carbocycles. The normalized spacial score (nSPS) is 18.8. The van der Waals surface area contributed by atoms with Crippen LogP contribution in [0.2, 0.25) is 0 Å². The van der Waals surface area contributed by atoms with Gasteiger partial charge in [0.05, 0.1) is 19.3 Å². The lowest BCUT2D eigenvalue weighted by Gasteiger charge is -2.35. The minimum Gasteiger partial charge on any atom is -0.480 e. The second-order valence-electron chi connectivity index (χ2n) is 7.07. The molecule has 0 radical (unpaired) electrons. The zero-order valence-electron chi connectivity index (χ0n) is 15.4. The number of amides is 1. The van der Waals surface area contributed by atoms with Gasteiger partial charge in [-0.05, 0) is 37.1 Å². The molecule has 1 saturated heterocycles. The number of ether oxygens (including phenoxy) is 1. The third-order valence-corrected chi connectivity index (χ3v) is 4.41. The summed E-state index contributed by atoms with van der Waals surface area (Å²) in [5.74, 6) is -0.978. The lowest BCUT2D eigenvalue weighted by Crippen LogP contribution is -2.49. The standard InChI is InChI=1S/C19H27FN2O4/c1-14(8-15-4-3-5-16(20)10-15)9-18(23)22-6-7-26-17(12-22)11-21(2)13-19(24)25/h3-5,10,14,17H,6-9,11-13H2,1-2H3,(H,24,25)/t14-,17+/m0/s1. The SMILES string of the molecule is C[C@H](CC(=O)N1CCO[C@H](CN(C)CC(=O)O)C1)Cc1cccc(F)c1. The molecule has 144 valence electrons. The molecule has 26 heavy (non-hydrogen) atoms. The van der Waals surface area contributed by atoms with Gasteiger partial charge in [0.15, 0.2) is 0 Å². The molecule has 0 unspecified atom stereocenters. The van der Waals surface area contributed by atoms with Gasteiger partial charge in [-0.15, -0.1) is 0 Å². The maximum absolute atomic E-state index is 13.3. The fraction of sp³-hybridized carbons (Fsp3) is 0.579. The van der Waals surface area contributed by atoms with Crippen molar-refractivity contribution in [1.29, 1.82) is 0 Å². The molecule has 7 heteroatoms. The summed E-state index contributed by atoms with van der Waals surface area (Å²) >= 11 is 0. The fourth-order valence-corrected chi connectivity index (χ4v) is 3.27. The number of likely N-dealkylation sites (N-methyl/N-ethyl adjacent to an activating group) is 1. The molecule has 1 heterocycles. The Labute approximate surface area is 153 Å². The molecule has 2 atom stereocenters. The van der Waals surface area contributed by atoms with Crippen LogP contribution in [0, 0.1) is 11.7 Å². The molecular weight excluding hydrogens is 339 g/mol. The summed E-state index contributed by atoms with van der Waals surface area (Å²) in [5, 5.41) is 8.82. The average molecular weight is 366 g/mol. The van der Waals surface area contributed by atoms with E-state index in [1.165, 1.54) is 12.1 Å². The average Bonchev–Trinajstić information content (AvgIpc) is 2.54. The van der Waals surface area contributed by atoms with E-state index in [2.05, 4.69) is 0 Å². The van der Waals surface area contributed by atoms with Gasteiger partial charge in [-0.2, -0.15) is 0 Å². The topological polar surface area (TPSA) is 70.1 Å². The van der Waals surface area contributed by atoms with Crippen LogP contribution >= 0.6 is 0 Å². The monoisotopic (exact) mass is 366 g/mol. The van der Waals surface area contributed by atoms with Crippen LogP contribution in [0.4, 0.5) is 4.39 Å². The zero-order chi connectivity index (χ0) is 19.1. The number of rotatable bonds is 8. The quantitative estimate of drug-likeness (QED) is 0.757. The van der Waals surface area contributed by atoms with Crippen molar-refractivity contribution in [2.24, 2.45) is 5.92 Å². The van der Waals surface area contributed by atoms with Crippen molar-refractivity contribution in [3.05, 3.63) is 35.6 Å². The molecule has 6 nitrogen and oxygen atoms in total. The Morgan fingerprint density at radius 2 is 2.23 bits per heavy atom. The number of benzene rings is 1. The van der Waals surface area contributed by atoms with Gasteiger partial charge in [0.25, 0.3) is 0 Å². The molecule has 1 aliphatic rings. The molecule has 1 fully saturated rings. The zero-order valence-corrected chi connectivity index (χ0v) is 15.4. The molecule has 0 bridgehead atoms. The van der Waals surface area contributed by atoms with Crippen LogP contribution in [0.25, 0.3) is 0 Å². The summed E-state index contributed by atoms with van der Waals surface area (Å²) in [6, 6.07) is 6.46. The van der Waals surface area contributed by atoms with Gasteiger partial charge < -0.3 is 14.7 Å². The van der Waals surface area contributed by atoms with Crippen molar-refractivity contribution in [3.63, 3.8) is 0 Å². The van der Waals surface area contributed by atoms with Gasteiger partial charge >= 0.3 is 5.97 Å². The molecule has 2 rings (SSSR count). The number of carbonyl (C=O) groups excluding carboxylic acids is 1. The smallest absolute Gasteiger partial charge is 0.317 e. The van der Waals surface area contributed by atoms with Gasteiger partial charge in [-0.1, -0.05) is 19.1 Å². The Kier molecular flexibility index (Phi) is 7.53. The predicted octanol–water partition coefficient (Wildman–Crippen LogP) is 1.64. The maximum atomic E-state index is 13.3. The predicted molar refractivity (Wildman–Crippen MR) is 95.3 cm³/mol. The van der Waals surface area contributed by atoms with Gasteiger partial charge in [0.2, 0.25) is 5.91 Å². The van der Waals surface area contributed by atoms with E-state index in [-0.39, 0.29) is 30.3 Å². The molecular formula is C19H27FN2O4. The van der Waals surface area contributed by atoms with E-state index in [0.717, 1.165) is 5.56 Å². The highest BCUT2D eigenvalue weighted by Crippen LogP contribution is 2.16. The van der Waals surface area contributed by atoms with Gasteiger partial charge in [-0.25, -0.2) is 4.39 Å². The molecule has 1 aromatic carbocycles. The van der Waals surface area contributed by atoms with E-state index >= 15 is 0 Å². The van der Waals surface area contributed by atoms with Crippen LogP contribution in [0.15, 0.2) is 24.3 Å². The second kappa shape index (κ2) is 9.64. The van der Waals surface area contributed by atoms with Crippen LogP contribution in [0.3, 0.4) is 0 Å². The minimum absolute atomic E-state index is 0.0571. The Hall–Kier alpha value is -1.99. The summed E-state index contributed by atoms with van der Waals surface area (Å²) in [6.45, 7) is 3.87. The molecule has 1 N–H and O–H groups in total. The van der Waals surface area contributed by atoms with E-state index in [4.69, 9.17) is 9.84 Å². The first kappa shape index (κ1) is 20.3. The third-order valence-electron chi connectivity index (χ3n) is 4.41. The van der Waals surface area contributed by atoms with Gasteiger partial charge in [0.1, 0.15) is 5.82 Å². The summed E-state index contributed by atoms with van der Waals surface area (Å²) in [5.41, 5.74) is 0.889. The Morgan fingerprint density at radius 3 is 2.92 bits per heavy atom. The number of halogens is 1. The first-order chi connectivity index (χ1) is 12.3. The first-order valence-corrected chi connectivity index (χ1v) is 8.87. The van der Waals surface area contributed by atoms with Crippen LogP contribution in [0.5, 0.6) is 0 Å². The van der Waals surface area contributed by atoms with E-state index < -0.39 is 5.97 Å². The van der Waals surface area contributed by atoms with Crippen molar-refractivity contribution in [2.75, 3.05) is 39.8 Å². The molecule has 0 spiro atoms. The van der Waals surface area contributed by atoms with E-state index in [0.29, 0.717) is 39.1 Å². The van der Waals surface area contributed by atoms with Crippen LogP contribution in [-0.4, -0.2) is 72.7 Å². The number of morpholine rings is 1. The Morgan fingerprint density at radius 1 is 1.46 bits per heavy atom. The third kappa shape index (κ3) is 6.72. The molecule has 1 amide bonds. The summed E-state index contributed by atoms with van der Waals surface area (Å²) in [7, 11) is 1.72. The number of carboxylic acids is 1. The van der Waals surface area contributed by atoms with Crippen LogP contribution < -0.4 is 0 Å². The van der Waals surface area contributed by atoms with Crippen molar-refractivity contribution in [2.45, 2.75) is 25.9 Å². The molecule has 0 aromatic heterocycles. The van der Waals surface area contributed by atoms with Crippen molar-refractivity contribution in [1.82, 2.24) is 9.80 Å². The lowest BCUT2D eigenvalue weighted by atomic mass is 9.97. The van der Waals surface area contributed by atoms with Gasteiger partial charge in [-0.3, -0.25) is 14.5 Å². The van der Waals surface area contributed by atoms with Crippen molar-refractivity contribution >= 4 is 11.9 Å². The molecule has 0 saturated carbocycles.